The molecule has 37 heavy (non-hydrogen) atoms. The normalized spacial score (nSPS) is 15.9. The lowest BCUT2D eigenvalue weighted by Gasteiger charge is -2.33. The van der Waals surface area contributed by atoms with Gasteiger partial charge in [-0.25, -0.2) is 23.4 Å². The van der Waals surface area contributed by atoms with E-state index in [1.165, 1.54) is 17.1 Å². The van der Waals surface area contributed by atoms with Gasteiger partial charge in [0.25, 0.3) is 6.43 Å². The number of rotatable bonds is 6. The van der Waals surface area contributed by atoms with Crippen LogP contribution in [0.3, 0.4) is 0 Å². The number of halogens is 2. The van der Waals surface area contributed by atoms with Crippen LogP contribution in [0.15, 0.2) is 43.0 Å². The lowest BCUT2D eigenvalue weighted by molar-refractivity contribution is 0.122. The zero-order valence-electron chi connectivity index (χ0n) is 20.8. The van der Waals surface area contributed by atoms with E-state index in [0.29, 0.717) is 23.7 Å². The number of nitrogens with one attached hydrogen (secondary N) is 1. The predicted molar refractivity (Wildman–Crippen MR) is 139 cm³/mol. The fraction of sp³-hybridized carbons (Fsp3) is 0.385. The molecule has 0 aliphatic carbocycles. The van der Waals surface area contributed by atoms with E-state index in [2.05, 4.69) is 51.1 Å². The van der Waals surface area contributed by atoms with Crippen molar-refractivity contribution in [2.75, 3.05) is 23.3 Å². The van der Waals surface area contributed by atoms with Gasteiger partial charge >= 0.3 is 0 Å². The molecule has 0 bridgehead atoms. The Morgan fingerprint density at radius 1 is 1.14 bits per heavy atom. The molecular formula is C26H29F2N9. The Hall–Kier alpha value is -4.04. The van der Waals surface area contributed by atoms with E-state index in [9.17, 15) is 8.78 Å². The van der Waals surface area contributed by atoms with E-state index >= 15 is 0 Å². The number of pyridine rings is 2. The SMILES string of the molecule is CC(C)n1ncc2ccc(Nc3cc(N4CCC[C@H](N)C4)c(C#Cc4cnn(CC(F)F)c4)cn3)nc21. The maximum absolute atomic E-state index is 12.6. The van der Waals surface area contributed by atoms with Gasteiger partial charge in [-0.3, -0.25) is 4.68 Å². The highest BCUT2D eigenvalue weighted by molar-refractivity contribution is 5.77. The first-order valence-electron chi connectivity index (χ1n) is 12.3. The average molecular weight is 506 g/mol. The lowest BCUT2D eigenvalue weighted by atomic mass is 10.0. The molecule has 5 heterocycles. The molecule has 192 valence electrons. The average Bonchev–Trinajstić information content (AvgIpc) is 3.49. The van der Waals surface area contributed by atoms with Gasteiger partial charge in [-0.15, -0.1) is 0 Å². The molecule has 1 atom stereocenters. The molecule has 5 rings (SSSR count). The summed E-state index contributed by atoms with van der Waals surface area (Å²) in [6.45, 7) is 5.24. The number of piperidine rings is 1. The highest BCUT2D eigenvalue weighted by Crippen LogP contribution is 2.27. The molecule has 0 radical (unpaired) electrons. The van der Waals surface area contributed by atoms with Crippen LogP contribution in [0.25, 0.3) is 11.0 Å². The van der Waals surface area contributed by atoms with Crippen molar-refractivity contribution >= 4 is 28.4 Å². The minimum Gasteiger partial charge on any atom is -0.369 e. The summed E-state index contributed by atoms with van der Waals surface area (Å²) in [5.41, 5.74) is 9.26. The molecule has 1 fully saturated rings. The van der Waals surface area contributed by atoms with Crippen molar-refractivity contribution in [1.82, 2.24) is 29.5 Å². The van der Waals surface area contributed by atoms with Crippen LogP contribution in [0, 0.1) is 11.8 Å². The molecule has 11 heteroatoms. The van der Waals surface area contributed by atoms with Crippen LogP contribution in [0.1, 0.15) is 43.9 Å². The van der Waals surface area contributed by atoms with Crippen molar-refractivity contribution < 1.29 is 8.78 Å². The third kappa shape index (κ3) is 5.70. The van der Waals surface area contributed by atoms with Crippen molar-refractivity contribution in [3.8, 4) is 11.8 Å². The van der Waals surface area contributed by atoms with Gasteiger partial charge in [-0.1, -0.05) is 11.8 Å². The maximum atomic E-state index is 12.6. The Labute approximate surface area is 213 Å². The van der Waals surface area contributed by atoms with Crippen LogP contribution in [0.5, 0.6) is 0 Å². The number of alkyl halides is 2. The second kappa shape index (κ2) is 10.5. The summed E-state index contributed by atoms with van der Waals surface area (Å²) >= 11 is 0. The van der Waals surface area contributed by atoms with E-state index in [-0.39, 0.29) is 12.1 Å². The summed E-state index contributed by atoms with van der Waals surface area (Å²) in [7, 11) is 0. The molecule has 3 N–H and O–H groups in total. The number of aromatic nitrogens is 6. The molecule has 9 nitrogen and oxygen atoms in total. The number of nitrogens with zero attached hydrogens (tertiary/aromatic N) is 7. The van der Waals surface area contributed by atoms with Gasteiger partial charge in [0.15, 0.2) is 5.65 Å². The molecule has 0 aromatic carbocycles. The summed E-state index contributed by atoms with van der Waals surface area (Å²) in [5.74, 6) is 7.47. The topological polar surface area (TPSA) is 103 Å². The molecule has 1 aliphatic rings. The molecule has 0 unspecified atom stereocenters. The second-order valence-electron chi connectivity index (χ2n) is 9.44. The highest BCUT2D eigenvalue weighted by Gasteiger charge is 2.20. The highest BCUT2D eigenvalue weighted by atomic mass is 19.3. The van der Waals surface area contributed by atoms with Crippen molar-refractivity contribution in [3.05, 3.63) is 54.1 Å². The summed E-state index contributed by atoms with van der Waals surface area (Å²) in [4.78, 5) is 11.5. The first-order chi connectivity index (χ1) is 17.9. The summed E-state index contributed by atoms with van der Waals surface area (Å²) < 4.78 is 28.4. The van der Waals surface area contributed by atoms with Gasteiger partial charge in [0.2, 0.25) is 0 Å². The smallest absolute Gasteiger partial charge is 0.257 e. The quantitative estimate of drug-likeness (QED) is 0.383. The number of anilines is 3. The van der Waals surface area contributed by atoms with Gasteiger partial charge < -0.3 is 16.0 Å². The molecule has 1 aliphatic heterocycles. The molecular weight excluding hydrogens is 476 g/mol. The third-order valence-corrected chi connectivity index (χ3v) is 6.17. The van der Waals surface area contributed by atoms with E-state index < -0.39 is 13.0 Å². The van der Waals surface area contributed by atoms with E-state index in [4.69, 9.17) is 10.7 Å². The van der Waals surface area contributed by atoms with Crippen molar-refractivity contribution in [3.63, 3.8) is 0 Å². The largest absolute Gasteiger partial charge is 0.369 e. The predicted octanol–water partition coefficient (Wildman–Crippen LogP) is 3.94. The Balaban J connectivity index is 1.45. The van der Waals surface area contributed by atoms with E-state index in [1.807, 2.05) is 29.1 Å². The zero-order chi connectivity index (χ0) is 25.9. The van der Waals surface area contributed by atoms with Gasteiger partial charge in [0.1, 0.15) is 18.2 Å². The molecule has 0 spiro atoms. The number of hydrogen-bond acceptors (Lipinski definition) is 7. The first-order valence-corrected chi connectivity index (χ1v) is 12.3. The van der Waals surface area contributed by atoms with Gasteiger partial charge in [-0.05, 0) is 38.8 Å². The molecule has 0 amide bonds. The molecule has 4 aromatic rings. The second-order valence-corrected chi connectivity index (χ2v) is 9.44. The van der Waals surface area contributed by atoms with Crippen molar-refractivity contribution in [2.24, 2.45) is 5.73 Å². The van der Waals surface area contributed by atoms with E-state index in [1.54, 1.807) is 6.20 Å². The van der Waals surface area contributed by atoms with Crippen LogP contribution in [0.2, 0.25) is 0 Å². The van der Waals surface area contributed by atoms with Crippen molar-refractivity contribution in [1.29, 1.82) is 0 Å². The Morgan fingerprint density at radius 3 is 2.78 bits per heavy atom. The van der Waals surface area contributed by atoms with Crippen LogP contribution in [-0.2, 0) is 6.54 Å². The Bertz CT molecular complexity index is 1450. The maximum Gasteiger partial charge on any atom is 0.257 e. The van der Waals surface area contributed by atoms with Crippen LogP contribution >= 0.6 is 0 Å². The third-order valence-electron chi connectivity index (χ3n) is 6.17. The zero-order valence-corrected chi connectivity index (χ0v) is 20.8. The summed E-state index contributed by atoms with van der Waals surface area (Å²) in [5, 5.41) is 12.7. The van der Waals surface area contributed by atoms with Gasteiger partial charge in [0.05, 0.1) is 29.2 Å². The number of hydrogen-bond donors (Lipinski definition) is 2. The summed E-state index contributed by atoms with van der Waals surface area (Å²) in [6.07, 6.45) is 6.02. The van der Waals surface area contributed by atoms with Crippen molar-refractivity contribution in [2.45, 2.75) is 51.7 Å². The van der Waals surface area contributed by atoms with Crippen LogP contribution in [-0.4, -0.2) is 55.1 Å². The van der Waals surface area contributed by atoms with E-state index in [0.717, 1.165) is 41.7 Å². The van der Waals surface area contributed by atoms with Crippen LogP contribution in [0.4, 0.5) is 26.1 Å². The minimum atomic E-state index is -2.47. The fourth-order valence-electron chi connectivity index (χ4n) is 4.41. The van der Waals surface area contributed by atoms with Gasteiger partial charge in [0, 0.05) is 49.0 Å². The minimum absolute atomic E-state index is 0.0760. The molecule has 1 saturated heterocycles. The lowest BCUT2D eigenvalue weighted by Crippen LogP contribution is -2.43. The number of nitrogens with two attached hydrogens (primary N) is 1. The molecule has 4 aromatic heterocycles. The van der Waals surface area contributed by atoms with Gasteiger partial charge in [-0.2, -0.15) is 10.2 Å². The molecule has 0 saturated carbocycles. The monoisotopic (exact) mass is 505 g/mol. The number of fused-ring (bicyclic) bond motifs is 1. The Kier molecular flexibility index (Phi) is 7.01. The standard InChI is InChI=1S/C26H29F2N9/c1-17(2)37-26-20(13-32-37)7-8-24(34-26)33-25-10-22(35-9-3-4-21(29)15-35)19(12-30-25)6-5-18-11-31-36(14-18)16-23(27)28/h7-8,10-14,17,21,23H,3-4,9,15-16,29H2,1-2H3,(H,30,33,34)/t21-/m0/s1. The Morgan fingerprint density at radius 2 is 2.00 bits per heavy atom. The summed E-state index contributed by atoms with van der Waals surface area (Å²) in [6, 6.07) is 6.10. The fourth-order valence-corrected chi connectivity index (χ4v) is 4.41. The first kappa shape index (κ1) is 24.6. The van der Waals surface area contributed by atoms with Crippen LogP contribution < -0.4 is 16.0 Å².